The van der Waals surface area contributed by atoms with Gasteiger partial charge in [-0.15, -0.1) is 0 Å². The maximum absolute atomic E-state index is 3.79. The third-order valence-corrected chi connectivity index (χ3v) is 6.36. The minimum absolute atomic E-state index is 0.611. The molecule has 2 heteroatoms. The Bertz CT molecular complexity index is 411. The van der Waals surface area contributed by atoms with Gasteiger partial charge in [-0.25, -0.2) is 0 Å². The van der Waals surface area contributed by atoms with Gasteiger partial charge < -0.3 is 5.32 Å². The highest BCUT2D eigenvalue weighted by Gasteiger charge is 2.49. The second-order valence-corrected chi connectivity index (χ2v) is 8.38. The summed E-state index contributed by atoms with van der Waals surface area (Å²) < 4.78 is 0. The Balaban J connectivity index is 1.61. The molecule has 1 N–H and O–H groups in total. The van der Waals surface area contributed by atoms with Crippen molar-refractivity contribution in [2.75, 3.05) is 13.1 Å². The van der Waals surface area contributed by atoms with Gasteiger partial charge in [0.15, 0.2) is 0 Å². The van der Waals surface area contributed by atoms with Crippen molar-refractivity contribution in [2.24, 2.45) is 23.2 Å². The number of aryl methyl sites for hydroxylation is 1. The zero-order valence-electron chi connectivity index (χ0n) is 13.0. The zero-order chi connectivity index (χ0) is 14.0. The Kier molecular flexibility index (Phi) is 4.52. The van der Waals surface area contributed by atoms with Gasteiger partial charge in [-0.1, -0.05) is 20.3 Å². The van der Waals surface area contributed by atoms with E-state index < -0.39 is 0 Å². The number of rotatable bonds is 7. The molecule has 3 atom stereocenters. The molecule has 1 aromatic heterocycles. The minimum atomic E-state index is 0.611. The number of hydrogen-bond donors (Lipinski definition) is 1. The lowest BCUT2D eigenvalue weighted by atomic mass is 9.69. The first-order valence-electron chi connectivity index (χ1n) is 8.40. The molecule has 0 saturated heterocycles. The number of thiophene rings is 1. The lowest BCUT2D eigenvalue weighted by Crippen LogP contribution is -2.40. The first kappa shape index (κ1) is 14.6. The van der Waals surface area contributed by atoms with Crippen LogP contribution in [0.3, 0.4) is 0 Å². The van der Waals surface area contributed by atoms with Crippen LogP contribution >= 0.6 is 11.3 Å². The van der Waals surface area contributed by atoms with Crippen LogP contribution in [-0.4, -0.2) is 13.1 Å². The number of fused-ring (bicyclic) bond motifs is 2. The van der Waals surface area contributed by atoms with Crippen molar-refractivity contribution in [3.05, 3.63) is 22.4 Å². The highest BCUT2D eigenvalue weighted by atomic mass is 32.1. The molecular weight excluding hydrogens is 262 g/mol. The van der Waals surface area contributed by atoms with E-state index in [9.17, 15) is 0 Å². The molecule has 3 unspecified atom stereocenters. The van der Waals surface area contributed by atoms with Gasteiger partial charge in [-0.05, 0) is 84.2 Å². The molecule has 0 aromatic carbocycles. The Hall–Kier alpha value is -0.340. The van der Waals surface area contributed by atoms with E-state index in [1.165, 1.54) is 51.6 Å². The predicted molar refractivity (Wildman–Crippen MR) is 88.2 cm³/mol. The van der Waals surface area contributed by atoms with E-state index in [1.54, 1.807) is 5.56 Å². The fourth-order valence-corrected chi connectivity index (χ4v) is 5.31. The average Bonchev–Trinajstić information content (AvgIpc) is 3.13. The summed E-state index contributed by atoms with van der Waals surface area (Å²) >= 11 is 1.84. The molecule has 2 fully saturated rings. The van der Waals surface area contributed by atoms with Crippen LogP contribution in [0.15, 0.2) is 16.8 Å². The van der Waals surface area contributed by atoms with Gasteiger partial charge >= 0.3 is 0 Å². The molecule has 2 saturated carbocycles. The van der Waals surface area contributed by atoms with E-state index in [0.717, 1.165) is 17.8 Å². The summed E-state index contributed by atoms with van der Waals surface area (Å²) in [7, 11) is 0. The Morgan fingerprint density at radius 1 is 1.40 bits per heavy atom. The smallest absolute Gasteiger partial charge is 0.00108 e. The topological polar surface area (TPSA) is 12.0 Å². The van der Waals surface area contributed by atoms with E-state index in [4.69, 9.17) is 0 Å². The molecule has 1 aromatic rings. The summed E-state index contributed by atoms with van der Waals surface area (Å²) in [6.07, 6.45) is 8.71. The molecule has 1 nitrogen and oxygen atoms in total. The van der Waals surface area contributed by atoms with Crippen molar-refractivity contribution >= 4 is 11.3 Å². The van der Waals surface area contributed by atoms with Crippen molar-refractivity contribution in [1.29, 1.82) is 0 Å². The van der Waals surface area contributed by atoms with E-state index in [0.29, 0.717) is 5.41 Å². The van der Waals surface area contributed by atoms with Crippen LogP contribution < -0.4 is 5.32 Å². The molecule has 2 aliphatic carbocycles. The summed E-state index contributed by atoms with van der Waals surface area (Å²) in [5, 5.41) is 8.34. The van der Waals surface area contributed by atoms with Gasteiger partial charge in [0.1, 0.15) is 0 Å². The van der Waals surface area contributed by atoms with Crippen molar-refractivity contribution in [1.82, 2.24) is 5.32 Å². The molecular formula is C18H29NS. The maximum atomic E-state index is 3.79. The summed E-state index contributed by atoms with van der Waals surface area (Å²) in [6, 6.07) is 2.31. The molecule has 3 rings (SSSR count). The summed E-state index contributed by atoms with van der Waals surface area (Å²) in [5.41, 5.74) is 2.17. The molecule has 20 heavy (non-hydrogen) atoms. The summed E-state index contributed by atoms with van der Waals surface area (Å²) in [6.45, 7) is 7.06. The summed E-state index contributed by atoms with van der Waals surface area (Å²) in [5.74, 6) is 2.82. The third-order valence-electron chi connectivity index (χ3n) is 5.62. The molecule has 2 aliphatic rings. The third kappa shape index (κ3) is 3.12. The van der Waals surface area contributed by atoms with E-state index in [2.05, 4.69) is 36.0 Å². The van der Waals surface area contributed by atoms with Crippen LogP contribution in [-0.2, 0) is 6.42 Å². The largest absolute Gasteiger partial charge is 0.316 e. The van der Waals surface area contributed by atoms with Crippen molar-refractivity contribution in [3.63, 3.8) is 0 Å². The van der Waals surface area contributed by atoms with Crippen molar-refractivity contribution in [2.45, 2.75) is 52.4 Å². The highest BCUT2D eigenvalue weighted by molar-refractivity contribution is 7.07. The van der Waals surface area contributed by atoms with Gasteiger partial charge in [-0.2, -0.15) is 11.3 Å². The monoisotopic (exact) mass is 291 g/mol. The van der Waals surface area contributed by atoms with E-state index in [1.807, 2.05) is 11.3 Å². The molecule has 0 amide bonds. The molecule has 0 spiro atoms. The van der Waals surface area contributed by atoms with Crippen LogP contribution in [0, 0.1) is 23.2 Å². The number of nitrogens with one attached hydrogen (secondary N) is 1. The van der Waals surface area contributed by atoms with Crippen molar-refractivity contribution < 1.29 is 0 Å². The van der Waals surface area contributed by atoms with Crippen LogP contribution in [0.4, 0.5) is 0 Å². The fraction of sp³-hybridized carbons (Fsp3) is 0.778. The molecule has 112 valence electrons. The first-order chi connectivity index (χ1) is 9.68. The zero-order valence-corrected chi connectivity index (χ0v) is 13.8. The second kappa shape index (κ2) is 6.19. The quantitative estimate of drug-likeness (QED) is 0.765. The van der Waals surface area contributed by atoms with Gasteiger partial charge in [-0.3, -0.25) is 0 Å². The Morgan fingerprint density at radius 3 is 2.90 bits per heavy atom. The van der Waals surface area contributed by atoms with E-state index in [-0.39, 0.29) is 0 Å². The predicted octanol–water partition coefficient (Wildman–Crippen LogP) is 4.73. The molecule has 0 aliphatic heterocycles. The SMILES string of the molecule is CC(C)CNCC1(CCc2ccsc2)CC2CCC1C2. The van der Waals surface area contributed by atoms with Gasteiger partial charge in [0.2, 0.25) is 0 Å². The second-order valence-electron chi connectivity index (χ2n) is 7.60. The standard InChI is InChI=1S/C18H29NS/c1-14(2)11-19-13-18(7-5-15-6-8-20-12-15)10-16-3-4-17(18)9-16/h6,8,12,14,16-17,19H,3-5,7,9-11,13H2,1-2H3. The van der Waals surface area contributed by atoms with Crippen LogP contribution in [0.25, 0.3) is 0 Å². The molecule has 2 bridgehead atoms. The van der Waals surface area contributed by atoms with E-state index >= 15 is 0 Å². The normalized spacial score (nSPS) is 32.4. The molecule has 0 radical (unpaired) electrons. The maximum Gasteiger partial charge on any atom is 0.00108 e. The van der Waals surface area contributed by atoms with Crippen molar-refractivity contribution in [3.8, 4) is 0 Å². The fourth-order valence-electron chi connectivity index (χ4n) is 4.61. The first-order valence-corrected chi connectivity index (χ1v) is 9.34. The van der Waals surface area contributed by atoms with Crippen LogP contribution in [0.1, 0.15) is 51.5 Å². The van der Waals surface area contributed by atoms with Crippen LogP contribution in [0.5, 0.6) is 0 Å². The van der Waals surface area contributed by atoms with Gasteiger partial charge in [0, 0.05) is 6.54 Å². The number of hydrogen-bond acceptors (Lipinski definition) is 2. The minimum Gasteiger partial charge on any atom is -0.316 e. The molecule has 1 heterocycles. The highest BCUT2D eigenvalue weighted by Crippen LogP contribution is 2.57. The van der Waals surface area contributed by atoms with Crippen LogP contribution in [0.2, 0.25) is 0 Å². The Labute approximate surface area is 128 Å². The lowest BCUT2D eigenvalue weighted by Gasteiger charge is -2.38. The average molecular weight is 292 g/mol. The van der Waals surface area contributed by atoms with Gasteiger partial charge in [0.25, 0.3) is 0 Å². The lowest BCUT2D eigenvalue weighted by molar-refractivity contribution is 0.142. The Morgan fingerprint density at radius 2 is 2.30 bits per heavy atom. The van der Waals surface area contributed by atoms with Gasteiger partial charge in [0.05, 0.1) is 0 Å². The summed E-state index contributed by atoms with van der Waals surface area (Å²) in [4.78, 5) is 0.